The van der Waals surface area contributed by atoms with Crippen LogP contribution in [0.2, 0.25) is 0 Å². The molecule has 74 valence electrons. The molecule has 5 heteroatoms. The van der Waals surface area contributed by atoms with E-state index >= 15 is 0 Å². The zero-order valence-electron chi connectivity index (χ0n) is 7.95. The van der Waals surface area contributed by atoms with Crippen LogP contribution in [0.25, 0.3) is 0 Å². The molecule has 1 heterocycles. The lowest BCUT2D eigenvalue weighted by Crippen LogP contribution is -2.19. The van der Waals surface area contributed by atoms with E-state index in [0.29, 0.717) is 4.77 Å². The van der Waals surface area contributed by atoms with E-state index in [1.165, 1.54) is 0 Å². The van der Waals surface area contributed by atoms with Crippen LogP contribution in [-0.2, 0) is 13.2 Å². The Morgan fingerprint density at radius 2 is 2.31 bits per heavy atom. The molecule has 0 bridgehead atoms. The summed E-state index contributed by atoms with van der Waals surface area (Å²) in [7, 11) is 4.02. The van der Waals surface area contributed by atoms with Crippen LogP contribution in [0.4, 0.5) is 0 Å². The summed E-state index contributed by atoms with van der Waals surface area (Å²) in [5.41, 5.74) is 0.840. The predicted octanol–water partition coefficient (Wildman–Crippen LogP) is 0.600. The van der Waals surface area contributed by atoms with E-state index < -0.39 is 0 Å². The van der Waals surface area contributed by atoms with Crippen LogP contribution < -0.4 is 0 Å². The third-order valence-corrected chi connectivity index (χ3v) is 2.23. The van der Waals surface area contributed by atoms with Gasteiger partial charge in [0.15, 0.2) is 4.77 Å². The van der Waals surface area contributed by atoms with Crippen molar-refractivity contribution in [2.75, 3.05) is 20.6 Å². The number of aliphatic hydroxyl groups excluding tert-OH is 1. The van der Waals surface area contributed by atoms with Crippen LogP contribution in [0.1, 0.15) is 5.69 Å². The van der Waals surface area contributed by atoms with Crippen LogP contribution in [0.15, 0.2) is 6.20 Å². The molecule has 0 aliphatic heterocycles. The summed E-state index contributed by atoms with van der Waals surface area (Å²) in [6, 6.07) is 0. The molecular formula is C8H15N3OS. The summed E-state index contributed by atoms with van der Waals surface area (Å²) >= 11 is 5.07. The first-order valence-electron chi connectivity index (χ1n) is 4.18. The number of nitrogens with zero attached hydrogens (tertiary/aromatic N) is 2. The number of nitrogens with one attached hydrogen (secondary N) is 1. The molecule has 0 aliphatic carbocycles. The second-order valence-corrected chi connectivity index (χ2v) is 3.58. The number of hydrogen-bond donors (Lipinski definition) is 2. The first-order valence-corrected chi connectivity index (χ1v) is 4.58. The Labute approximate surface area is 82.8 Å². The average molecular weight is 201 g/mol. The van der Waals surface area contributed by atoms with Crippen molar-refractivity contribution < 1.29 is 5.11 Å². The number of aliphatic hydroxyl groups is 1. The van der Waals surface area contributed by atoms with Crippen LogP contribution >= 0.6 is 12.2 Å². The third-order valence-electron chi connectivity index (χ3n) is 1.89. The fourth-order valence-corrected chi connectivity index (χ4v) is 1.37. The van der Waals surface area contributed by atoms with Gasteiger partial charge in [-0.3, -0.25) is 0 Å². The zero-order valence-corrected chi connectivity index (χ0v) is 8.77. The van der Waals surface area contributed by atoms with E-state index in [2.05, 4.69) is 9.88 Å². The van der Waals surface area contributed by atoms with Gasteiger partial charge < -0.3 is 19.6 Å². The van der Waals surface area contributed by atoms with Gasteiger partial charge in [0.25, 0.3) is 0 Å². The smallest absolute Gasteiger partial charge is 0.177 e. The average Bonchev–Trinajstić information content (AvgIpc) is 2.43. The Morgan fingerprint density at radius 3 is 2.85 bits per heavy atom. The van der Waals surface area contributed by atoms with Crippen molar-refractivity contribution in [2.45, 2.75) is 13.2 Å². The highest BCUT2D eigenvalue weighted by atomic mass is 32.1. The lowest BCUT2D eigenvalue weighted by atomic mass is 10.4. The van der Waals surface area contributed by atoms with Gasteiger partial charge in [-0.1, -0.05) is 0 Å². The molecule has 0 radical (unpaired) electrons. The van der Waals surface area contributed by atoms with Gasteiger partial charge in [0.1, 0.15) is 0 Å². The van der Waals surface area contributed by atoms with E-state index in [0.717, 1.165) is 18.8 Å². The number of aromatic nitrogens is 2. The highest BCUT2D eigenvalue weighted by Gasteiger charge is 2.02. The van der Waals surface area contributed by atoms with Crippen LogP contribution in [0, 0.1) is 4.77 Å². The number of likely N-dealkylation sites (N-methyl/N-ethyl adjacent to an activating group) is 1. The molecule has 1 rings (SSSR count). The van der Waals surface area contributed by atoms with Gasteiger partial charge in [0.05, 0.1) is 12.3 Å². The van der Waals surface area contributed by atoms with Crippen molar-refractivity contribution >= 4 is 12.2 Å². The molecule has 0 spiro atoms. The molecule has 2 N–H and O–H groups in total. The largest absolute Gasteiger partial charge is 0.390 e. The monoisotopic (exact) mass is 201 g/mol. The molecule has 0 aliphatic rings. The van der Waals surface area contributed by atoms with Crippen LogP contribution in [0.5, 0.6) is 0 Å². The molecule has 0 amide bonds. The molecule has 0 unspecified atom stereocenters. The Balaban J connectivity index is 2.74. The summed E-state index contributed by atoms with van der Waals surface area (Å²) in [5, 5.41) is 9.00. The Morgan fingerprint density at radius 1 is 1.62 bits per heavy atom. The van der Waals surface area contributed by atoms with Crippen LogP contribution in [-0.4, -0.2) is 40.2 Å². The summed E-state index contributed by atoms with van der Waals surface area (Å²) in [6.07, 6.45) is 1.75. The van der Waals surface area contributed by atoms with Crippen molar-refractivity contribution in [3.63, 3.8) is 0 Å². The Bertz CT molecular complexity index is 315. The minimum Gasteiger partial charge on any atom is -0.390 e. The highest BCUT2D eigenvalue weighted by Crippen LogP contribution is 2.01. The van der Waals surface area contributed by atoms with Crippen LogP contribution in [0.3, 0.4) is 0 Å². The summed E-state index contributed by atoms with van der Waals surface area (Å²) < 4.78 is 2.58. The molecule has 0 saturated heterocycles. The zero-order chi connectivity index (χ0) is 9.84. The topological polar surface area (TPSA) is 44.2 Å². The van der Waals surface area contributed by atoms with Gasteiger partial charge in [-0.05, 0) is 26.3 Å². The van der Waals surface area contributed by atoms with Crippen molar-refractivity contribution in [2.24, 2.45) is 0 Å². The van der Waals surface area contributed by atoms with E-state index in [9.17, 15) is 0 Å². The normalized spacial score (nSPS) is 11.1. The van der Waals surface area contributed by atoms with E-state index in [1.54, 1.807) is 6.20 Å². The molecule has 0 saturated carbocycles. The fourth-order valence-electron chi connectivity index (χ4n) is 1.11. The maximum absolute atomic E-state index is 9.00. The SMILES string of the molecule is CN(C)CCn1c(CO)c[nH]c1=S. The van der Waals surface area contributed by atoms with Gasteiger partial charge in [0, 0.05) is 19.3 Å². The van der Waals surface area contributed by atoms with E-state index in [4.69, 9.17) is 17.3 Å². The van der Waals surface area contributed by atoms with Crippen molar-refractivity contribution in [1.82, 2.24) is 14.5 Å². The van der Waals surface area contributed by atoms with Gasteiger partial charge in [-0.2, -0.15) is 0 Å². The molecule has 0 aromatic carbocycles. The van der Waals surface area contributed by atoms with E-state index in [1.807, 2.05) is 18.7 Å². The minimum atomic E-state index is 0.0283. The lowest BCUT2D eigenvalue weighted by molar-refractivity contribution is 0.267. The molecule has 1 aromatic rings. The van der Waals surface area contributed by atoms with E-state index in [-0.39, 0.29) is 6.61 Å². The Kier molecular flexibility index (Phi) is 3.65. The summed E-state index contributed by atoms with van der Waals surface area (Å²) in [4.78, 5) is 4.99. The van der Waals surface area contributed by atoms with Crippen molar-refractivity contribution in [1.29, 1.82) is 0 Å². The predicted molar refractivity (Wildman–Crippen MR) is 54.1 cm³/mol. The van der Waals surface area contributed by atoms with Crippen molar-refractivity contribution in [3.8, 4) is 0 Å². The highest BCUT2D eigenvalue weighted by molar-refractivity contribution is 7.71. The summed E-state index contributed by atoms with van der Waals surface area (Å²) in [5.74, 6) is 0. The molecule has 13 heavy (non-hydrogen) atoms. The number of aromatic amines is 1. The van der Waals surface area contributed by atoms with Gasteiger partial charge in [0.2, 0.25) is 0 Å². The first kappa shape index (κ1) is 10.4. The second kappa shape index (κ2) is 4.55. The second-order valence-electron chi connectivity index (χ2n) is 3.20. The standard InChI is InChI=1S/C8H15N3OS/c1-10(2)3-4-11-7(6-12)5-9-8(11)13/h5,12H,3-4,6H2,1-2H3,(H,9,13). The first-order chi connectivity index (χ1) is 6.15. The number of rotatable bonds is 4. The quantitative estimate of drug-likeness (QED) is 0.701. The number of hydrogen-bond acceptors (Lipinski definition) is 3. The molecule has 0 fully saturated rings. The molecule has 0 atom stereocenters. The van der Waals surface area contributed by atoms with Crippen molar-refractivity contribution in [3.05, 3.63) is 16.7 Å². The fraction of sp³-hybridized carbons (Fsp3) is 0.625. The number of imidazole rings is 1. The maximum atomic E-state index is 9.00. The number of H-pyrrole nitrogens is 1. The summed E-state index contributed by atoms with van der Waals surface area (Å²) in [6.45, 7) is 1.75. The molecule has 1 aromatic heterocycles. The molecular weight excluding hydrogens is 186 g/mol. The molecule has 4 nitrogen and oxygen atoms in total. The van der Waals surface area contributed by atoms with Gasteiger partial charge in [-0.15, -0.1) is 0 Å². The maximum Gasteiger partial charge on any atom is 0.177 e. The third kappa shape index (κ3) is 2.65. The van der Waals surface area contributed by atoms with Gasteiger partial charge in [-0.25, -0.2) is 0 Å². The Hall–Kier alpha value is -0.650. The van der Waals surface area contributed by atoms with Gasteiger partial charge >= 0.3 is 0 Å². The minimum absolute atomic E-state index is 0.0283. The lowest BCUT2D eigenvalue weighted by Gasteiger charge is -2.11.